The highest BCUT2D eigenvalue weighted by atomic mass is 32.1. The van der Waals surface area contributed by atoms with Crippen LogP contribution in [0.25, 0.3) is 215 Å². The maximum atomic E-state index is 9.87. The number of thiophene rings is 4. The molecule has 8 aromatic heterocycles. The minimum absolute atomic E-state index is 0.0418. The molecule has 0 aliphatic carbocycles. The standard InChI is InChI=1S/C51H30N4S2.C45H26N4S2/c1-3-12-31(13-4-1)32-22-24-34(25-23-32)49-52-50(35-26-27-39-45(30-35)57-43-21-11-18-36(46(39)43)33-14-5-2-6-15-33)54-51(53-49)55-40-19-9-7-16-37(40)47-41(55)28-29-44-48(47)38-17-8-10-20-42(38)56-44;1-3-12-27(13-4-1)30-18-11-21-37-40(30)33-23-22-29(26-39(33)51-37)44-46-43(28-14-5-2-6-15-28)47-45(48-44)49-34-19-9-7-16-31(34)41-35(49)24-25-38-42(41)32-17-8-10-20-36(32)50-38/h1-30H;1-26H/i2D,5D,6D,7D,8D,9D,10D,11D,14D,15D,16D,17D,18D,19D,20D,21D,22D,23D,24D,25D,26D,27D,28D,29D,30D;1D,3D,4D,12D,13D. The number of hydrogen-bond acceptors (Lipinski definition) is 10. The predicted molar refractivity (Wildman–Crippen MR) is 458 cm³/mol. The Bertz CT molecular complexity index is 9430. The van der Waals surface area contributed by atoms with E-state index in [0.717, 1.165) is 63.6 Å². The van der Waals surface area contributed by atoms with E-state index in [1.165, 1.54) is 25.6 Å². The minimum Gasteiger partial charge on any atom is -0.278 e. The highest BCUT2D eigenvalue weighted by Crippen LogP contribution is 2.48. The van der Waals surface area contributed by atoms with Crippen LogP contribution in [0.1, 0.15) is 41.1 Å². The van der Waals surface area contributed by atoms with Crippen molar-refractivity contribution < 1.29 is 41.1 Å². The molecule has 23 rings (SSSR count). The van der Waals surface area contributed by atoms with E-state index in [4.69, 9.17) is 46.0 Å². The quantitative estimate of drug-likeness (QED) is 0.143. The van der Waals surface area contributed by atoms with Gasteiger partial charge in [-0.3, -0.25) is 9.13 Å². The minimum atomic E-state index is -0.862. The van der Waals surface area contributed by atoms with Crippen molar-refractivity contribution in [1.82, 2.24) is 39.0 Å². The molecule has 8 nitrogen and oxygen atoms in total. The Morgan fingerprint density at radius 2 is 0.759 bits per heavy atom. The van der Waals surface area contributed by atoms with E-state index in [-0.39, 0.29) is 86.4 Å². The van der Waals surface area contributed by atoms with Crippen LogP contribution in [0.3, 0.4) is 0 Å². The molecule has 0 unspecified atom stereocenters. The summed E-state index contributed by atoms with van der Waals surface area (Å²) >= 11 is 4.77. The smallest absolute Gasteiger partial charge is 0.238 e. The summed E-state index contributed by atoms with van der Waals surface area (Å²) in [6.45, 7) is 0. The van der Waals surface area contributed by atoms with Gasteiger partial charge in [-0.25, -0.2) is 9.97 Å². The number of fused-ring (bicyclic) bond motifs is 20. The number of aromatic nitrogens is 8. The van der Waals surface area contributed by atoms with Gasteiger partial charge in [-0.2, -0.15) is 19.9 Å². The van der Waals surface area contributed by atoms with Gasteiger partial charge in [0.25, 0.3) is 0 Å². The number of nitrogens with zero attached hydrogens (tertiary/aromatic N) is 8. The van der Waals surface area contributed by atoms with E-state index in [2.05, 4.69) is 81.3 Å². The molecule has 0 amide bonds. The van der Waals surface area contributed by atoms with Gasteiger partial charge in [-0.1, -0.05) is 266 Å². The van der Waals surface area contributed by atoms with Crippen LogP contribution < -0.4 is 0 Å². The summed E-state index contributed by atoms with van der Waals surface area (Å²) in [5, 5.41) is 5.17. The van der Waals surface area contributed by atoms with Crippen LogP contribution in [0.4, 0.5) is 0 Å². The summed E-state index contributed by atoms with van der Waals surface area (Å²) in [6, 6.07) is 32.0. The zero-order chi connectivity index (χ0) is 97.0. The molecule has 23 aromatic rings. The molecule has 12 heteroatoms. The van der Waals surface area contributed by atoms with E-state index < -0.39 is 208 Å². The SMILES string of the molecule is [2H]c1c([2H])c([2H])c(-c2c([2H])c([2H])c([2H])c3sc4c([2H])c(-c5nc(-c6c([2H])c([2H])c(-c7ccccc7)c([2H])c6[2H])nc(-n6c7c([2H])c([2H])c([2H])c([2H])c7c7c8c(sc9c([2H])c([2H])c([2H])c([2H])c98)c([2H])c([2H])c76)n5)c([2H])c([2H])c4c23)c([2H])c1[2H].[2H]c1c([2H])c([2H])c(-c2cccc3sc4cc(-c5nc(-c6ccccc6)nc(-n6c7ccccc7c7c8c(ccc76)sc6ccccc68)n5)ccc4c23)c([2H])c1[2H]. The summed E-state index contributed by atoms with van der Waals surface area (Å²) in [7, 11) is 0. The van der Waals surface area contributed by atoms with E-state index in [0.29, 0.717) is 40.1 Å². The summed E-state index contributed by atoms with van der Waals surface area (Å²) < 4.78 is 276. The molecular weight excluding hydrogens is 1390 g/mol. The molecule has 0 saturated heterocycles. The van der Waals surface area contributed by atoms with Crippen LogP contribution in [0.5, 0.6) is 0 Å². The van der Waals surface area contributed by atoms with Crippen molar-refractivity contribution in [3.8, 4) is 90.8 Å². The van der Waals surface area contributed by atoms with Crippen molar-refractivity contribution >= 4 is 170 Å². The molecule has 108 heavy (non-hydrogen) atoms. The molecule has 0 aliphatic rings. The zero-order valence-corrected chi connectivity index (χ0v) is 58.5. The van der Waals surface area contributed by atoms with Gasteiger partial charge >= 0.3 is 0 Å². The molecule has 0 atom stereocenters. The molecule has 0 aliphatic heterocycles. The Morgan fingerprint density at radius 1 is 0.222 bits per heavy atom. The molecule has 0 spiro atoms. The number of para-hydroxylation sites is 2. The summed E-state index contributed by atoms with van der Waals surface area (Å²) in [6.07, 6.45) is 0. The van der Waals surface area contributed by atoms with Crippen LogP contribution in [-0.2, 0) is 0 Å². The average molecular weight is 1480 g/mol. The van der Waals surface area contributed by atoms with Gasteiger partial charge in [0.05, 0.1) is 63.2 Å². The second-order valence-corrected chi connectivity index (χ2v) is 29.1. The summed E-state index contributed by atoms with van der Waals surface area (Å²) in [4.78, 5) is 29.4. The topological polar surface area (TPSA) is 87.2 Å². The molecule has 0 radical (unpaired) electrons. The summed E-state index contributed by atoms with van der Waals surface area (Å²) in [5.41, 5.74) is 1.54. The fraction of sp³-hybridized carbons (Fsp3) is 0. The number of rotatable bonds is 9. The fourth-order valence-corrected chi connectivity index (χ4v) is 18.4. The molecule has 0 bridgehead atoms. The molecule has 0 N–H and O–H groups in total. The van der Waals surface area contributed by atoms with Crippen molar-refractivity contribution in [3.63, 3.8) is 0 Å². The van der Waals surface area contributed by atoms with Gasteiger partial charge in [-0.05, 0) is 106 Å². The van der Waals surface area contributed by atoms with Crippen LogP contribution in [0.2, 0.25) is 0 Å². The van der Waals surface area contributed by atoms with Crippen LogP contribution in [0, 0.1) is 0 Å². The van der Waals surface area contributed by atoms with Gasteiger partial charge < -0.3 is 0 Å². The van der Waals surface area contributed by atoms with E-state index in [9.17, 15) is 15.1 Å². The third kappa shape index (κ3) is 10.2. The van der Waals surface area contributed by atoms with Crippen LogP contribution >= 0.6 is 45.3 Å². The molecule has 0 saturated carbocycles. The molecule has 15 aromatic carbocycles. The predicted octanol–water partition coefficient (Wildman–Crippen LogP) is 27.1. The molecular formula is C96H56N8S4. The van der Waals surface area contributed by atoms with Gasteiger partial charge in [0, 0.05) is 124 Å². The van der Waals surface area contributed by atoms with Crippen LogP contribution in [-0.4, -0.2) is 39.0 Å². The maximum Gasteiger partial charge on any atom is 0.238 e. The molecule has 504 valence electrons. The summed E-state index contributed by atoms with van der Waals surface area (Å²) in [5.74, 6) is -0.586. The lowest BCUT2D eigenvalue weighted by Gasteiger charge is -2.11. The monoisotopic (exact) mass is 1480 g/mol. The van der Waals surface area contributed by atoms with Crippen molar-refractivity contribution in [1.29, 1.82) is 0 Å². The largest absolute Gasteiger partial charge is 0.278 e. The van der Waals surface area contributed by atoms with Crippen molar-refractivity contribution in [2.24, 2.45) is 0 Å². The van der Waals surface area contributed by atoms with Gasteiger partial charge in [0.15, 0.2) is 23.3 Å². The maximum absolute atomic E-state index is 9.87. The first kappa shape index (κ1) is 39.2. The second-order valence-electron chi connectivity index (χ2n) is 24.9. The Hall–Kier alpha value is -13.2. The zero-order valence-electron chi connectivity index (χ0n) is 85.2. The number of hydrogen-bond donors (Lipinski definition) is 0. The van der Waals surface area contributed by atoms with Crippen LogP contribution in [0.15, 0.2) is 339 Å². The first-order valence-electron chi connectivity index (χ1n) is 48.5. The highest BCUT2D eigenvalue weighted by Gasteiger charge is 2.25. The second kappa shape index (κ2) is 25.3. The van der Waals surface area contributed by atoms with Gasteiger partial charge in [0.1, 0.15) is 0 Å². The normalized spacial score (nSPS) is 15.8. The third-order valence-corrected chi connectivity index (χ3v) is 23.1. The van der Waals surface area contributed by atoms with Crippen molar-refractivity contribution in [2.75, 3.05) is 0 Å². The van der Waals surface area contributed by atoms with Gasteiger partial charge in [-0.15, -0.1) is 45.3 Å². The Kier molecular flexibility index (Phi) is 9.18. The van der Waals surface area contributed by atoms with Crippen molar-refractivity contribution in [3.05, 3.63) is 339 Å². The Balaban J connectivity index is 0.000000170. The lowest BCUT2D eigenvalue weighted by molar-refractivity contribution is 0.953. The van der Waals surface area contributed by atoms with E-state index in [1.54, 1.807) is 53.0 Å². The van der Waals surface area contributed by atoms with E-state index in [1.807, 2.05) is 60.7 Å². The fourth-order valence-electron chi connectivity index (χ4n) is 14.2. The Morgan fingerprint density at radius 3 is 1.56 bits per heavy atom. The van der Waals surface area contributed by atoms with E-state index >= 15 is 0 Å². The lowest BCUT2D eigenvalue weighted by atomic mass is 9.99. The number of benzene rings is 15. The first-order chi connectivity index (χ1) is 66.0. The molecule has 8 heterocycles. The first-order valence-corrected chi connectivity index (χ1v) is 36.8. The third-order valence-electron chi connectivity index (χ3n) is 18.8. The molecule has 0 fully saturated rings. The highest BCUT2D eigenvalue weighted by molar-refractivity contribution is 7.27. The average Bonchev–Trinajstić information content (AvgIpc) is 1.52. The van der Waals surface area contributed by atoms with Gasteiger partial charge in [0.2, 0.25) is 11.9 Å². The lowest BCUT2D eigenvalue weighted by Crippen LogP contribution is -2.06. The Labute approximate surface area is 676 Å². The van der Waals surface area contributed by atoms with Crippen molar-refractivity contribution in [2.45, 2.75) is 0 Å².